The molecule has 0 heterocycles. The van der Waals surface area contributed by atoms with Gasteiger partial charge in [-0.15, -0.1) is 0 Å². The van der Waals surface area contributed by atoms with Gasteiger partial charge in [-0.05, 0) is 109 Å². The normalized spacial score (nSPS) is 12.9. The van der Waals surface area contributed by atoms with E-state index in [1.165, 1.54) is 122 Å². The smallest absolute Gasteiger partial charge is 0.306 e. The first kappa shape index (κ1) is 73.8. The summed E-state index contributed by atoms with van der Waals surface area (Å²) in [6, 6.07) is 0. The fourth-order valence-corrected chi connectivity index (χ4v) is 8.91. The first-order valence-electron chi connectivity index (χ1n) is 32.5. The van der Waals surface area contributed by atoms with Crippen LogP contribution in [0.15, 0.2) is 122 Å². The van der Waals surface area contributed by atoms with Gasteiger partial charge in [0.1, 0.15) is 13.2 Å². The highest BCUT2D eigenvalue weighted by Gasteiger charge is 2.19. The van der Waals surface area contributed by atoms with E-state index >= 15 is 0 Å². The van der Waals surface area contributed by atoms with E-state index in [0.717, 1.165) is 135 Å². The predicted octanol–water partition coefficient (Wildman–Crippen LogP) is 22.4. The van der Waals surface area contributed by atoms with E-state index in [4.69, 9.17) is 14.2 Å². The second-order valence-corrected chi connectivity index (χ2v) is 21.3. The van der Waals surface area contributed by atoms with Gasteiger partial charge in [0.05, 0.1) is 0 Å². The molecule has 0 aromatic carbocycles. The van der Waals surface area contributed by atoms with Crippen LogP contribution in [0.25, 0.3) is 0 Å². The highest BCUT2D eigenvalue weighted by molar-refractivity contribution is 5.71. The van der Waals surface area contributed by atoms with Crippen molar-refractivity contribution in [2.45, 2.75) is 303 Å². The standard InChI is InChI=1S/C72H120O6/c1-4-7-10-13-16-19-22-24-26-28-30-31-32-33-34-35-36-37-38-39-40-41-43-44-46-48-50-53-56-59-62-65-71(74)77-68-69(67-76-70(73)64-61-58-55-52-21-18-15-12-9-6-3)78-72(75)66-63-60-57-54-51-49-47-45-42-29-27-25-23-20-17-14-11-8-5-2/h7-8,10-11,16-17,19-20,24-27,30-31,33-34,36-37,42,45,69H,4-6,9,12-15,18,21-23,28-29,32,35,38-41,43-44,46-68H2,1-3H3/b10-7-,11-8-,19-16-,20-17-,26-24-,27-25-,31-30-,34-33-,37-36-,45-42-. The lowest BCUT2D eigenvalue weighted by Gasteiger charge is -2.18. The Morgan fingerprint density at radius 3 is 0.782 bits per heavy atom. The van der Waals surface area contributed by atoms with Gasteiger partial charge in [-0.1, -0.05) is 290 Å². The Balaban J connectivity index is 4.22. The molecule has 0 amide bonds. The summed E-state index contributed by atoms with van der Waals surface area (Å²) in [4.78, 5) is 38.2. The fourth-order valence-electron chi connectivity index (χ4n) is 8.91. The second-order valence-electron chi connectivity index (χ2n) is 21.3. The molecule has 0 saturated carbocycles. The van der Waals surface area contributed by atoms with Gasteiger partial charge < -0.3 is 14.2 Å². The topological polar surface area (TPSA) is 78.9 Å². The van der Waals surface area contributed by atoms with Crippen LogP contribution >= 0.6 is 0 Å². The summed E-state index contributed by atoms with van der Waals surface area (Å²) in [5.74, 6) is -0.895. The Morgan fingerprint density at radius 2 is 0.500 bits per heavy atom. The van der Waals surface area contributed by atoms with Crippen LogP contribution in [-0.4, -0.2) is 37.2 Å². The molecule has 0 aliphatic heterocycles. The number of carbonyl (C=O) groups is 3. The Labute approximate surface area is 482 Å². The van der Waals surface area contributed by atoms with Crippen molar-refractivity contribution in [3.05, 3.63) is 122 Å². The monoisotopic (exact) mass is 1080 g/mol. The Kier molecular flexibility index (Phi) is 61.8. The molecule has 1 atom stereocenters. The van der Waals surface area contributed by atoms with Gasteiger partial charge in [0.15, 0.2) is 6.10 Å². The van der Waals surface area contributed by atoms with E-state index in [1.807, 2.05) is 0 Å². The average Bonchev–Trinajstić information content (AvgIpc) is 3.44. The van der Waals surface area contributed by atoms with Crippen molar-refractivity contribution in [2.24, 2.45) is 0 Å². The van der Waals surface area contributed by atoms with Gasteiger partial charge in [0.2, 0.25) is 0 Å². The highest BCUT2D eigenvalue weighted by atomic mass is 16.6. The van der Waals surface area contributed by atoms with Gasteiger partial charge in [-0.25, -0.2) is 0 Å². The molecular weight excluding hydrogens is 961 g/mol. The van der Waals surface area contributed by atoms with Crippen LogP contribution in [0.1, 0.15) is 297 Å². The second kappa shape index (κ2) is 65.3. The quantitative estimate of drug-likeness (QED) is 0.0261. The summed E-state index contributed by atoms with van der Waals surface area (Å²) in [6.45, 7) is 6.40. The lowest BCUT2D eigenvalue weighted by Crippen LogP contribution is -2.30. The van der Waals surface area contributed by atoms with E-state index in [0.29, 0.717) is 19.3 Å². The number of rotatable bonds is 58. The summed E-state index contributed by atoms with van der Waals surface area (Å²) in [5, 5.41) is 0. The maximum absolute atomic E-state index is 12.9. The van der Waals surface area contributed by atoms with Crippen LogP contribution in [-0.2, 0) is 28.6 Å². The molecule has 0 aliphatic carbocycles. The third-order valence-electron chi connectivity index (χ3n) is 13.7. The summed E-state index contributed by atoms with van der Waals surface area (Å²) < 4.78 is 16.9. The molecule has 0 N–H and O–H groups in total. The molecule has 78 heavy (non-hydrogen) atoms. The zero-order valence-corrected chi connectivity index (χ0v) is 50.9. The van der Waals surface area contributed by atoms with Gasteiger partial charge in [0.25, 0.3) is 0 Å². The molecule has 0 aromatic heterocycles. The first-order chi connectivity index (χ1) is 38.5. The number of unbranched alkanes of at least 4 members (excludes halogenated alkanes) is 27. The van der Waals surface area contributed by atoms with Gasteiger partial charge in [-0.3, -0.25) is 14.4 Å². The van der Waals surface area contributed by atoms with Gasteiger partial charge in [0, 0.05) is 19.3 Å². The largest absolute Gasteiger partial charge is 0.462 e. The number of hydrogen-bond donors (Lipinski definition) is 0. The van der Waals surface area contributed by atoms with Crippen molar-refractivity contribution in [1.82, 2.24) is 0 Å². The summed E-state index contributed by atoms with van der Waals surface area (Å²) in [5.41, 5.74) is 0. The van der Waals surface area contributed by atoms with Crippen LogP contribution in [0, 0.1) is 0 Å². The van der Waals surface area contributed by atoms with E-state index in [9.17, 15) is 14.4 Å². The first-order valence-corrected chi connectivity index (χ1v) is 32.5. The Bertz CT molecular complexity index is 1620. The van der Waals surface area contributed by atoms with Crippen molar-refractivity contribution in [1.29, 1.82) is 0 Å². The molecular formula is C72H120O6. The lowest BCUT2D eigenvalue weighted by molar-refractivity contribution is -0.167. The Morgan fingerprint density at radius 1 is 0.269 bits per heavy atom. The number of esters is 3. The molecule has 0 aromatic rings. The van der Waals surface area contributed by atoms with Crippen LogP contribution in [0.3, 0.4) is 0 Å². The molecule has 0 aliphatic rings. The average molecular weight is 1080 g/mol. The number of hydrogen-bond acceptors (Lipinski definition) is 6. The zero-order chi connectivity index (χ0) is 56.4. The molecule has 0 rings (SSSR count). The lowest BCUT2D eigenvalue weighted by atomic mass is 10.0. The van der Waals surface area contributed by atoms with E-state index in [-0.39, 0.29) is 31.1 Å². The fraction of sp³-hybridized carbons (Fsp3) is 0.681. The zero-order valence-electron chi connectivity index (χ0n) is 50.9. The van der Waals surface area contributed by atoms with E-state index < -0.39 is 6.10 Å². The summed E-state index contributed by atoms with van der Waals surface area (Å²) in [7, 11) is 0. The molecule has 6 nitrogen and oxygen atoms in total. The molecule has 444 valence electrons. The minimum atomic E-state index is -0.787. The van der Waals surface area contributed by atoms with Gasteiger partial charge in [-0.2, -0.15) is 0 Å². The van der Waals surface area contributed by atoms with Crippen LogP contribution in [0.4, 0.5) is 0 Å². The maximum atomic E-state index is 12.9. The number of ether oxygens (including phenoxy) is 3. The van der Waals surface area contributed by atoms with Crippen molar-refractivity contribution in [3.8, 4) is 0 Å². The van der Waals surface area contributed by atoms with Gasteiger partial charge >= 0.3 is 17.9 Å². The molecule has 0 spiro atoms. The van der Waals surface area contributed by atoms with Crippen LogP contribution in [0.2, 0.25) is 0 Å². The molecule has 1 unspecified atom stereocenters. The maximum Gasteiger partial charge on any atom is 0.306 e. The predicted molar refractivity (Wildman–Crippen MR) is 339 cm³/mol. The van der Waals surface area contributed by atoms with Crippen molar-refractivity contribution in [3.63, 3.8) is 0 Å². The number of carbonyl (C=O) groups excluding carboxylic acids is 3. The highest BCUT2D eigenvalue weighted by Crippen LogP contribution is 2.16. The molecule has 0 bridgehead atoms. The van der Waals surface area contributed by atoms with Crippen LogP contribution in [0.5, 0.6) is 0 Å². The molecule has 0 fully saturated rings. The number of allylic oxidation sites excluding steroid dienone is 20. The third kappa shape index (κ3) is 62.7. The Hall–Kier alpha value is -4.19. The minimum absolute atomic E-state index is 0.0834. The van der Waals surface area contributed by atoms with E-state index in [2.05, 4.69) is 142 Å². The molecule has 0 saturated heterocycles. The minimum Gasteiger partial charge on any atom is -0.462 e. The van der Waals surface area contributed by atoms with Crippen molar-refractivity contribution in [2.75, 3.05) is 13.2 Å². The van der Waals surface area contributed by atoms with Crippen molar-refractivity contribution < 1.29 is 28.6 Å². The molecule has 6 heteroatoms. The van der Waals surface area contributed by atoms with Crippen molar-refractivity contribution >= 4 is 17.9 Å². The summed E-state index contributed by atoms with van der Waals surface area (Å²) >= 11 is 0. The molecule has 0 radical (unpaired) electrons. The third-order valence-corrected chi connectivity index (χ3v) is 13.7. The summed E-state index contributed by atoms with van der Waals surface area (Å²) in [6.07, 6.45) is 90.7. The van der Waals surface area contributed by atoms with E-state index in [1.54, 1.807) is 0 Å². The SMILES string of the molecule is CC/C=C\C/C=C\C/C=C\C/C=C\C/C=C\C/C=C\CCCCCCCCCCCCCCC(=O)OCC(COC(=O)CCCCCCCCCCCC)OC(=O)CCCCCCCC/C=C\C/C=C\C/C=C\C/C=C\CC. The van der Waals surface area contributed by atoms with Crippen LogP contribution < -0.4 is 0 Å².